The molecule has 1 aliphatic rings. The fourth-order valence-electron chi connectivity index (χ4n) is 3.58. The molecular weight excluding hydrogens is 411 g/mol. The van der Waals surface area contributed by atoms with Crippen molar-refractivity contribution in [1.82, 2.24) is 9.55 Å². The minimum absolute atomic E-state index is 0.246. The van der Waals surface area contributed by atoms with Crippen molar-refractivity contribution in [2.45, 2.75) is 32.3 Å². The molecule has 1 fully saturated rings. The number of halogens is 2. The van der Waals surface area contributed by atoms with Crippen molar-refractivity contribution < 1.29 is 14.2 Å². The summed E-state index contributed by atoms with van der Waals surface area (Å²) in [6.07, 6.45) is 5.05. The maximum absolute atomic E-state index is 6.50. The van der Waals surface area contributed by atoms with Crippen LogP contribution < -0.4 is 4.74 Å². The van der Waals surface area contributed by atoms with Gasteiger partial charge in [0.05, 0.1) is 24.5 Å². The van der Waals surface area contributed by atoms with Gasteiger partial charge < -0.3 is 18.8 Å². The Morgan fingerprint density at radius 1 is 1.21 bits per heavy atom. The number of aromatic nitrogens is 2. The van der Waals surface area contributed by atoms with E-state index in [1.54, 1.807) is 24.7 Å². The molecule has 0 radical (unpaired) electrons. The topological polar surface area (TPSA) is 45.5 Å². The van der Waals surface area contributed by atoms with Crippen LogP contribution in [0.25, 0.3) is 0 Å². The van der Waals surface area contributed by atoms with Crippen molar-refractivity contribution >= 4 is 23.2 Å². The highest BCUT2D eigenvalue weighted by Crippen LogP contribution is 2.40. The van der Waals surface area contributed by atoms with Crippen LogP contribution >= 0.6 is 23.2 Å². The number of hydrogen-bond acceptors (Lipinski definition) is 4. The molecule has 0 saturated carbocycles. The van der Waals surface area contributed by atoms with E-state index in [0.717, 1.165) is 22.4 Å². The molecule has 4 rings (SSSR count). The van der Waals surface area contributed by atoms with Gasteiger partial charge in [-0.05, 0) is 37.1 Å². The lowest BCUT2D eigenvalue weighted by Crippen LogP contribution is -2.34. The van der Waals surface area contributed by atoms with Crippen LogP contribution in [-0.2, 0) is 21.8 Å². The van der Waals surface area contributed by atoms with Crippen molar-refractivity contribution in [1.29, 1.82) is 0 Å². The minimum Gasteiger partial charge on any atom is -0.490 e. The predicted molar refractivity (Wildman–Crippen MR) is 113 cm³/mol. The van der Waals surface area contributed by atoms with E-state index in [1.165, 1.54) is 0 Å². The third-order valence-electron chi connectivity index (χ3n) is 4.97. The summed E-state index contributed by atoms with van der Waals surface area (Å²) in [5.41, 5.74) is 2.91. The molecule has 3 aromatic rings. The number of ether oxygens (including phenoxy) is 3. The zero-order valence-electron chi connectivity index (χ0n) is 16.3. The Bertz CT molecular complexity index is 973. The highest BCUT2D eigenvalue weighted by Gasteiger charge is 2.45. The summed E-state index contributed by atoms with van der Waals surface area (Å²) in [5.74, 6) is -0.162. The standard InChI is InChI=1S/C22H22Cl2N2O3/c1-15-4-3-5-16(2)21(15)27-11-18-12-28-22(29-18,13-26-9-8-25-14-26)19-7-6-17(23)10-20(19)24/h3-10,14,18H,11-13H2,1-2H3. The number of rotatable bonds is 6. The molecular formula is C22H22Cl2N2O3. The Hall–Kier alpha value is -2.05. The molecule has 5 nitrogen and oxygen atoms in total. The third-order valence-corrected chi connectivity index (χ3v) is 5.52. The second-order valence-electron chi connectivity index (χ2n) is 7.19. The summed E-state index contributed by atoms with van der Waals surface area (Å²) < 4.78 is 20.6. The van der Waals surface area contributed by atoms with Gasteiger partial charge >= 0.3 is 0 Å². The van der Waals surface area contributed by atoms with Gasteiger partial charge in [-0.25, -0.2) is 4.98 Å². The highest BCUT2D eigenvalue weighted by atomic mass is 35.5. The van der Waals surface area contributed by atoms with Crippen LogP contribution in [-0.4, -0.2) is 28.9 Å². The molecule has 2 aromatic carbocycles. The summed E-state index contributed by atoms with van der Waals surface area (Å²) in [5, 5.41) is 1.05. The second-order valence-corrected chi connectivity index (χ2v) is 8.04. The van der Waals surface area contributed by atoms with Gasteiger partial charge in [-0.1, -0.05) is 47.5 Å². The Kier molecular flexibility index (Phi) is 5.83. The molecule has 152 valence electrons. The Morgan fingerprint density at radius 2 is 2.00 bits per heavy atom. The van der Waals surface area contributed by atoms with Crippen molar-refractivity contribution in [2.24, 2.45) is 0 Å². The average Bonchev–Trinajstić information content (AvgIpc) is 3.32. The lowest BCUT2D eigenvalue weighted by molar-refractivity contribution is -0.189. The van der Waals surface area contributed by atoms with Crippen molar-refractivity contribution in [3.8, 4) is 5.75 Å². The SMILES string of the molecule is Cc1cccc(C)c1OCC1COC(Cn2ccnc2)(c2ccc(Cl)cc2Cl)O1. The molecule has 2 heterocycles. The first-order valence-electron chi connectivity index (χ1n) is 9.39. The number of aryl methyl sites for hydroxylation is 2. The van der Waals surface area contributed by atoms with E-state index >= 15 is 0 Å². The summed E-state index contributed by atoms with van der Waals surface area (Å²) in [7, 11) is 0. The number of nitrogens with zero attached hydrogens (tertiary/aromatic N) is 2. The predicted octanol–water partition coefficient (Wildman–Crippen LogP) is 5.15. The van der Waals surface area contributed by atoms with E-state index in [0.29, 0.717) is 29.8 Å². The number of hydrogen-bond donors (Lipinski definition) is 0. The lowest BCUT2D eigenvalue weighted by Gasteiger charge is -2.30. The highest BCUT2D eigenvalue weighted by molar-refractivity contribution is 6.35. The maximum Gasteiger partial charge on any atom is 0.215 e. The molecule has 2 atom stereocenters. The monoisotopic (exact) mass is 432 g/mol. The van der Waals surface area contributed by atoms with Gasteiger partial charge in [-0.15, -0.1) is 0 Å². The summed E-state index contributed by atoms with van der Waals surface area (Å²) in [6, 6.07) is 11.4. The van der Waals surface area contributed by atoms with E-state index in [2.05, 4.69) is 4.98 Å². The maximum atomic E-state index is 6.50. The van der Waals surface area contributed by atoms with Crippen LogP contribution in [0.5, 0.6) is 5.75 Å². The molecule has 0 bridgehead atoms. The van der Waals surface area contributed by atoms with Gasteiger partial charge in [0.1, 0.15) is 18.5 Å². The van der Waals surface area contributed by atoms with Crippen LogP contribution in [0.1, 0.15) is 16.7 Å². The normalized spacial score (nSPS) is 21.4. The lowest BCUT2D eigenvalue weighted by atomic mass is 10.1. The summed E-state index contributed by atoms with van der Waals surface area (Å²) in [4.78, 5) is 4.11. The Labute approximate surface area is 180 Å². The van der Waals surface area contributed by atoms with Crippen LogP contribution in [0.2, 0.25) is 10.0 Å². The van der Waals surface area contributed by atoms with Gasteiger partial charge in [-0.3, -0.25) is 0 Å². The Balaban J connectivity index is 1.57. The van der Waals surface area contributed by atoms with Crippen LogP contribution in [0.15, 0.2) is 55.1 Å². The molecule has 7 heteroatoms. The fraction of sp³-hybridized carbons (Fsp3) is 0.318. The van der Waals surface area contributed by atoms with Crippen LogP contribution in [0, 0.1) is 13.8 Å². The minimum atomic E-state index is -1.04. The molecule has 1 aliphatic heterocycles. The fourth-order valence-corrected chi connectivity index (χ4v) is 4.13. The van der Waals surface area contributed by atoms with Crippen molar-refractivity contribution in [2.75, 3.05) is 13.2 Å². The van der Waals surface area contributed by atoms with Gasteiger partial charge in [-0.2, -0.15) is 0 Å². The average molecular weight is 433 g/mol. The molecule has 0 amide bonds. The first-order valence-corrected chi connectivity index (χ1v) is 10.1. The van der Waals surface area contributed by atoms with E-state index in [-0.39, 0.29) is 6.10 Å². The summed E-state index contributed by atoms with van der Waals surface area (Å²) in [6.45, 7) is 5.24. The number of benzene rings is 2. The van der Waals surface area contributed by atoms with Gasteiger partial charge in [0, 0.05) is 23.0 Å². The molecule has 0 aliphatic carbocycles. The quantitative estimate of drug-likeness (QED) is 0.539. The largest absolute Gasteiger partial charge is 0.490 e. The molecule has 0 N–H and O–H groups in total. The van der Waals surface area contributed by atoms with Crippen LogP contribution in [0.4, 0.5) is 0 Å². The van der Waals surface area contributed by atoms with Gasteiger partial charge in [0.25, 0.3) is 0 Å². The first kappa shape index (κ1) is 20.2. The second kappa shape index (κ2) is 8.36. The van der Waals surface area contributed by atoms with E-state index in [9.17, 15) is 0 Å². The van der Waals surface area contributed by atoms with Crippen molar-refractivity contribution in [3.05, 3.63) is 81.9 Å². The molecule has 29 heavy (non-hydrogen) atoms. The zero-order valence-corrected chi connectivity index (χ0v) is 17.8. The summed E-state index contributed by atoms with van der Waals surface area (Å²) >= 11 is 12.6. The third kappa shape index (κ3) is 4.28. The molecule has 1 aromatic heterocycles. The van der Waals surface area contributed by atoms with E-state index in [1.807, 2.05) is 48.9 Å². The number of imidazole rings is 1. The Morgan fingerprint density at radius 3 is 2.69 bits per heavy atom. The van der Waals surface area contributed by atoms with E-state index < -0.39 is 5.79 Å². The molecule has 0 spiro atoms. The van der Waals surface area contributed by atoms with Crippen molar-refractivity contribution in [3.63, 3.8) is 0 Å². The molecule has 2 unspecified atom stereocenters. The van der Waals surface area contributed by atoms with Gasteiger partial charge in [0.2, 0.25) is 5.79 Å². The first-order chi connectivity index (χ1) is 14.0. The number of para-hydroxylation sites is 1. The van der Waals surface area contributed by atoms with Crippen LogP contribution in [0.3, 0.4) is 0 Å². The van der Waals surface area contributed by atoms with E-state index in [4.69, 9.17) is 37.4 Å². The van der Waals surface area contributed by atoms with Gasteiger partial charge in [0.15, 0.2) is 0 Å². The molecule has 1 saturated heterocycles. The zero-order chi connectivity index (χ0) is 20.4. The smallest absolute Gasteiger partial charge is 0.215 e.